The third kappa shape index (κ3) is 4.05. The Morgan fingerprint density at radius 3 is 2.90 bits per heavy atom. The average molecular weight is 287 g/mol. The van der Waals surface area contributed by atoms with Crippen LogP contribution in [0.25, 0.3) is 0 Å². The highest BCUT2D eigenvalue weighted by atomic mass is 16.2. The third-order valence-electron chi connectivity index (χ3n) is 3.27. The summed E-state index contributed by atoms with van der Waals surface area (Å²) in [6.07, 6.45) is 5.50. The van der Waals surface area contributed by atoms with Gasteiger partial charge in [0.1, 0.15) is 5.69 Å². The van der Waals surface area contributed by atoms with Crippen molar-refractivity contribution in [2.45, 2.75) is 19.8 Å². The minimum atomic E-state index is -0.0901. The zero-order chi connectivity index (χ0) is 15.2. The second-order valence-corrected chi connectivity index (χ2v) is 5.18. The number of amides is 1. The van der Waals surface area contributed by atoms with Gasteiger partial charge in [0.25, 0.3) is 5.91 Å². The Bertz CT molecular complexity index is 606. The third-order valence-corrected chi connectivity index (χ3v) is 3.27. The fourth-order valence-electron chi connectivity index (χ4n) is 2.03. The normalized spacial score (nSPS) is 10.4. The first-order valence-electron chi connectivity index (χ1n) is 6.98. The van der Waals surface area contributed by atoms with Crippen LogP contribution in [0.4, 0.5) is 5.69 Å². The van der Waals surface area contributed by atoms with Crippen molar-refractivity contribution in [1.29, 1.82) is 0 Å². The van der Waals surface area contributed by atoms with Crippen molar-refractivity contribution in [2.24, 2.45) is 0 Å². The number of anilines is 1. The lowest BCUT2D eigenvalue weighted by Gasteiger charge is -2.11. The molecule has 2 N–H and O–H groups in total. The monoisotopic (exact) mass is 287 g/mol. The molecule has 0 aliphatic carbocycles. The van der Waals surface area contributed by atoms with Gasteiger partial charge in [0, 0.05) is 38.2 Å². The SMILES string of the molecule is Cc1[nH]ncc1CCCNc1ccnc(C(=O)N(C)C)c1. The van der Waals surface area contributed by atoms with Gasteiger partial charge in [-0.15, -0.1) is 0 Å². The number of nitrogens with zero attached hydrogens (tertiary/aromatic N) is 3. The molecule has 6 nitrogen and oxygen atoms in total. The number of carbonyl (C=O) groups excluding carboxylic acids is 1. The number of aromatic nitrogens is 3. The van der Waals surface area contributed by atoms with E-state index < -0.39 is 0 Å². The molecule has 21 heavy (non-hydrogen) atoms. The first-order valence-corrected chi connectivity index (χ1v) is 6.98. The first-order chi connectivity index (χ1) is 10.1. The van der Waals surface area contributed by atoms with Crippen molar-refractivity contribution < 1.29 is 4.79 Å². The van der Waals surface area contributed by atoms with Gasteiger partial charge >= 0.3 is 0 Å². The second-order valence-electron chi connectivity index (χ2n) is 5.18. The van der Waals surface area contributed by atoms with Crippen molar-refractivity contribution in [3.63, 3.8) is 0 Å². The summed E-state index contributed by atoms with van der Waals surface area (Å²) >= 11 is 0. The Hall–Kier alpha value is -2.37. The molecule has 0 radical (unpaired) electrons. The lowest BCUT2D eigenvalue weighted by Crippen LogP contribution is -2.22. The van der Waals surface area contributed by atoms with Gasteiger partial charge in [-0.3, -0.25) is 14.9 Å². The maximum Gasteiger partial charge on any atom is 0.272 e. The fourth-order valence-corrected chi connectivity index (χ4v) is 2.03. The van der Waals surface area contributed by atoms with E-state index in [0.29, 0.717) is 5.69 Å². The van der Waals surface area contributed by atoms with Crippen LogP contribution in [0.3, 0.4) is 0 Å². The molecule has 2 heterocycles. The van der Waals surface area contributed by atoms with Crippen LogP contribution < -0.4 is 5.32 Å². The largest absolute Gasteiger partial charge is 0.385 e. The molecule has 2 aromatic rings. The number of hydrogen-bond acceptors (Lipinski definition) is 4. The zero-order valence-corrected chi connectivity index (χ0v) is 12.7. The molecule has 0 aromatic carbocycles. The van der Waals surface area contributed by atoms with E-state index in [0.717, 1.165) is 30.8 Å². The number of hydrogen-bond donors (Lipinski definition) is 2. The molecular formula is C15H21N5O. The molecule has 0 spiro atoms. The van der Waals surface area contributed by atoms with E-state index in [1.165, 1.54) is 10.5 Å². The summed E-state index contributed by atoms with van der Waals surface area (Å²) < 4.78 is 0. The molecule has 0 aliphatic rings. The van der Waals surface area contributed by atoms with E-state index in [9.17, 15) is 4.79 Å². The molecule has 2 aromatic heterocycles. The summed E-state index contributed by atoms with van der Waals surface area (Å²) in [7, 11) is 3.44. The number of aryl methyl sites for hydroxylation is 2. The summed E-state index contributed by atoms with van der Waals surface area (Å²) in [4.78, 5) is 17.5. The van der Waals surface area contributed by atoms with Crippen molar-refractivity contribution >= 4 is 11.6 Å². The van der Waals surface area contributed by atoms with E-state index in [1.54, 1.807) is 26.4 Å². The Morgan fingerprint density at radius 2 is 2.24 bits per heavy atom. The van der Waals surface area contributed by atoms with Crippen LogP contribution >= 0.6 is 0 Å². The number of pyridine rings is 1. The van der Waals surface area contributed by atoms with Crippen LogP contribution in [-0.2, 0) is 6.42 Å². The first kappa shape index (κ1) is 15.0. The van der Waals surface area contributed by atoms with Crippen LogP contribution in [0.15, 0.2) is 24.5 Å². The lowest BCUT2D eigenvalue weighted by atomic mass is 10.1. The molecule has 0 saturated heterocycles. The van der Waals surface area contributed by atoms with Gasteiger partial charge in [-0.2, -0.15) is 5.10 Å². The number of carbonyl (C=O) groups is 1. The highest BCUT2D eigenvalue weighted by molar-refractivity contribution is 5.92. The molecule has 6 heteroatoms. The predicted molar refractivity (Wildman–Crippen MR) is 82.4 cm³/mol. The van der Waals surface area contributed by atoms with Crippen molar-refractivity contribution in [3.05, 3.63) is 41.5 Å². The van der Waals surface area contributed by atoms with Crippen LogP contribution in [0, 0.1) is 6.92 Å². The van der Waals surface area contributed by atoms with E-state index >= 15 is 0 Å². The van der Waals surface area contributed by atoms with Gasteiger partial charge in [0.05, 0.1) is 6.20 Å². The minimum Gasteiger partial charge on any atom is -0.385 e. The van der Waals surface area contributed by atoms with Crippen LogP contribution in [0.1, 0.15) is 28.2 Å². The van der Waals surface area contributed by atoms with Crippen molar-refractivity contribution in [3.8, 4) is 0 Å². The molecule has 0 bridgehead atoms. The van der Waals surface area contributed by atoms with E-state index in [4.69, 9.17) is 0 Å². The number of H-pyrrole nitrogens is 1. The molecular weight excluding hydrogens is 266 g/mol. The Kier molecular flexibility index (Phi) is 4.92. The second kappa shape index (κ2) is 6.88. The van der Waals surface area contributed by atoms with E-state index in [-0.39, 0.29) is 5.91 Å². The molecule has 0 unspecified atom stereocenters. The van der Waals surface area contributed by atoms with E-state index in [2.05, 4.69) is 20.5 Å². The smallest absolute Gasteiger partial charge is 0.272 e. The highest BCUT2D eigenvalue weighted by Crippen LogP contribution is 2.10. The zero-order valence-electron chi connectivity index (χ0n) is 12.7. The van der Waals surface area contributed by atoms with Gasteiger partial charge in [-0.25, -0.2) is 0 Å². The topological polar surface area (TPSA) is 73.9 Å². The summed E-state index contributed by atoms with van der Waals surface area (Å²) in [5.41, 5.74) is 3.74. The van der Waals surface area contributed by atoms with Crippen LogP contribution in [-0.4, -0.2) is 46.6 Å². The molecule has 112 valence electrons. The summed E-state index contributed by atoms with van der Waals surface area (Å²) in [6, 6.07) is 3.65. The molecule has 0 atom stereocenters. The maximum atomic E-state index is 11.8. The quantitative estimate of drug-likeness (QED) is 0.795. The average Bonchev–Trinajstić information content (AvgIpc) is 2.88. The van der Waals surface area contributed by atoms with Gasteiger partial charge in [0.15, 0.2) is 0 Å². The Morgan fingerprint density at radius 1 is 1.43 bits per heavy atom. The van der Waals surface area contributed by atoms with Crippen LogP contribution in [0.2, 0.25) is 0 Å². The van der Waals surface area contributed by atoms with E-state index in [1.807, 2.05) is 19.2 Å². The van der Waals surface area contributed by atoms with Crippen LogP contribution in [0.5, 0.6) is 0 Å². The Balaban J connectivity index is 1.85. The molecule has 2 rings (SSSR count). The lowest BCUT2D eigenvalue weighted by molar-refractivity contribution is 0.0822. The van der Waals surface area contributed by atoms with Crippen molar-refractivity contribution in [1.82, 2.24) is 20.1 Å². The Labute approximate surface area is 124 Å². The number of rotatable bonds is 6. The number of aromatic amines is 1. The summed E-state index contributed by atoms with van der Waals surface area (Å²) in [5, 5.41) is 10.3. The van der Waals surface area contributed by atoms with Gasteiger partial charge in [-0.05, 0) is 37.5 Å². The summed E-state index contributed by atoms with van der Waals surface area (Å²) in [6.45, 7) is 2.86. The molecule has 0 fully saturated rings. The number of nitrogens with one attached hydrogen (secondary N) is 2. The molecule has 0 aliphatic heterocycles. The molecule has 1 amide bonds. The van der Waals surface area contributed by atoms with Crippen molar-refractivity contribution in [2.75, 3.05) is 26.0 Å². The highest BCUT2D eigenvalue weighted by Gasteiger charge is 2.09. The maximum absolute atomic E-state index is 11.8. The summed E-state index contributed by atoms with van der Waals surface area (Å²) in [5.74, 6) is -0.0901. The fraction of sp³-hybridized carbons (Fsp3) is 0.400. The van der Waals surface area contributed by atoms with Gasteiger partial charge in [-0.1, -0.05) is 0 Å². The standard InChI is InChI=1S/C15H21N5O/c1-11-12(10-18-19-11)5-4-7-16-13-6-8-17-14(9-13)15(21)20(2)3/h6,8-10H,4-5,7H2,1-3H3,(H,16,17)(H,18,19). The van der Waals surface area contributed by atoms with Gasteiger partial charge in [0.2, 0.25) is 0 Å². The van der Waals surface area contributed by atoms with Gasteiger partial charge < -0.3 is 10.2 Å². The molecule has 0 saturated carbocycles. The minimum absolute atomic E-state index is 0.0901. The predicted octanol–water partition coefficient (Wildman–Crippen LogP) is 1.86.